The van der Waals surface area contributed by atoms with E-state index >= 15 is 0 Å². The van der Waals surface area contributed by atoms with Crippen molar-refractivity contribution in [2.24, 2.45) is 5.92 Å². The van der Waals surface area contributed by atoms with Gasteiger partial charge in [0.25, 0.3) is 0 Å². The third-order valence-electron chi connectivity index (χ3n) is 2.83. The first-order valence-corrected chi connectivity index (χ1v) is 7.67. The number of nitrogens with zero attached hydrogens (tertiary/aromatic N) is 1. The average molecular weight is 294 g/mol. The second-order valence-electron chi connectivity index (χ2n) is 4.71. The third kappa shape index (κ3) is 4.89. The standard InChI is InChI=1S/C15H22N2O2S/c1-5-17(6-2)15(19)16-12-8-7-9-13(10-12)20-14(18)11(3)4/h7-11H,5-6H2,1-4H3,(H,16,19). The number of anilines is 1. The highest BCUT2D eigenvalue weighted by Gasteiger charge is 2.12. The number of amides is 2. The third-order valence-corrected chi connectivity index (χ3v) is 3.99. The number of benzene rings is 1. The molecule has 2 amide bonds. The van der Waals surface area contributed by atoms with E-state index in [2.05, 4.69) is 5.32 Å². The Morgan fingerprint density at radius 1 is 1.25 bits per heavy atom. The lowest BCUT2D eigenvalue weighted by Crippen LogP contribution is -2.34. The van der Waals surface area contributed by atoms with Crippen LogP contribution in [0.15, 0.2) is 29.2 Å². The van der Waals surface area contributed by atoms with Crippen LogP contribution in [-0.4, -0.2) is 29.1 Å². The van der Waals surface area contributed by atoms with E-state index in [0.29, 0.717) is 18.8 Å². The van der Waals surface area contributed by atoms with Crippen LogP contribution in [-0.2, 0) is 4.79 Å². The molecule has 0 radical (unpaired) electrons. The highest BCUT2D eigenvalue weighted by molar-refractivity contribution is 8.13. The maximum atomic E-state index is 12.0. The van der Waals surface area contributed by atoms with Gasteiger partial charge in [-0.05, 0) is 32.0 Å². The molecule has 1 rings (SSSR count). The Morgan fingerprint density at radius 2 is 1.90 bits per heavy atom. The highest BCUT2D eigenvalue weighted by Crippen LogP contribution is 2.25. The lowest BCUT2D eigenvalue weighted by Gasteiger charge is -2.19. The van der Waals surface area contributed by atoms with Gasteiger partial charge in [-0.1, -0.05) is 31.7 Å². The number of nitrogens with one attached hydrogen (secondary N) is 1. The van der Waals surface area contributed by atoms with Crippen molar-refractivity contribution in [1.29, 1.82) is 0 Å². The van der Waals surface area contributed by atoms with Crippen LogP contribution < -0.4 is 5.32 Å². The summed E-state index contributed by atoms with van der Waals surface area (Å²) in [4.78, 5) is 26.2. The number of carbonyl (C=O) groups is 2. The van der Waals surface area contributed by atoms with E-state index in [-0.39, 0.29) is 17.1 Å². The monoisotopic (exact) mass is 294 g/mol. The first-order valence-electron chi connectivity index (χ1n) is 6.85. The highest BCUT2D eigenvalue weighted by atomic mass is 32.2. The van der Waals surface area contributed by atoms with Gasteiger partial charge in [0.2, 0.25) is 0 Å². The molecule has 0 aliphatic rings. The molecule has 4 nitrogen and oxygen atoms in total. The number of urea groups is 1. The normalized spacial score (nSPS) is 10.4. The van der Waals surface area contributed by atoms with Crippen molar-refractivity contribution in [3.05, 3.63) is 24.3 Å². The van der Waals surface area contributed by atoms with Crippen molar-refractivity contribution in [1.82, 2.24) is 4.90 Å². The van der Waals surface area contributed by atoms with Crippen LogP contribution in [0.4, 0.5) is 10.5 Å². The van der Waals surface area contributed by atoms with Gasteiger partial charge in [-0.25, -0.2) is 4.79 Å². The molecule has 0 fully saturated rings. The Morgan fingerprint density at radius 3 is 2.45 bits per heavy atom. The minimum atomic E-state index is -0.118. The first kappa shape index (κ1) is 16.6. The van der Waals surface area contributed by atoms with Crippen LogP contribution in [0.1, 0.15) is 27.7 Å². The van der Waals surface area contributed by atoms with Gasteiger partial charge >= 0.3 is 6.03 Å². The van der Waals surface area contributed by atoms with E-state index in [9.17, 15) is 9.59 Å². The Balaban J connectivity index is 2.73. The zero-order valence-electron chi connectivity index (χ0n) is 12.5. The van der Waals surface area contributed by atoms with Gasteiger partial charge in [-0.15, -0.1) is 0 Å². The van der Waals surface area contributed by atoms with Crippen molar-refractivity contribution in [2.45, 2.75) is 32.6 Å². The smallest absolute Gasteiger partial charge is 0.321 e. The summed E-state index contributed by atoms with van der Waals surface area (Å²) in [5, 5.41) is 2.97. The summed E-state index contributed by atoms with van der Waals surface area (Å²) in [7, 11) is 0. The van der Waals surface area contributed by atoms with E-state index < -0.39 is 0 Å². The molecule has 0 unspecified atom stereocenters. The van der Waals surface area contributed by atoms with Gasteiger partial charge in [-0.3, -0.25) is 4.79 Å². The van der Waals surface area contributed by atoms with Crippen LogP contribution in [0.5, 0.6) is 0 Å². The fourth-order valence-electron chi connectivity index (χ4n) is 1.58. The number of thioether (sulfide) groups is 1. The Kier molecular flexibility index (Phi) is 6.58. The maximum Gasteiger partial charge on any atom is 0.321 e. The summed E-state index contributed by atoms with van der Waals surface area (Å²) in [5.74, 6) is -0.00563. The van der Waals surface area contributed by atoms with Crippen molar-refractivity contribution >= 4 is 28.6 Å². The SMILES string of the molecule is CCN(CC)C(=O)Nc1cccc(SC(=O)C(C)C)c1. The fourth-order valence-corrected chi connectivity index (χ4v) is 2.39. The molecule has 0 atom stereocenters. The van der Waals surface area contributed by atoms with Crippen molar-refractivity contribution in [2.75, 3.05) is 18.4 Å². The minimum absolute atomic E-state index is 0.00563. The number of carbonyl (C=O) groups excluding carboxylic acids is 2. The van der Waals surface area contributed by atoms with Crippen LogP contribution in [0.3, 0.4) is 0 Å². The summed E-state index contributed by atoms with van der Waals surface area (Å²) in [5.41, 5.74) is 0.712. The molecule has 0 spiro atoms. The maximum absolute atomic E-state index is 12.0. The van der Waals surface area contributed by atoms with Crippen molar-refractivity contribution in [3.63, 3.8) is 0 Å². The Hall–Kier alpha value is -1.49. The van der Waals surface area contributed by atoms with E-state index in [1.165, 1.54) is 11.8 Å². The predicted molar refractivity (Wildman–Crippen MR) is 84.1 cm³/mol. The molecule has 0 bridgehead atoms. The molecule has 20 heavy (non-hydrogen) atoms. The van der Waals surface area contributed by atoms with Crippen LogP contribution in [0.2, 0.25) is 0 Å². The van der Waals surface area contributed by atoms with Gasteiger partial charge in [0, 0.05) is 29.6 Å². The zero-order chi connectivity index (χ0) is 15.1. The molecular weight excluding hydrogens is 272 g/mol. The van der Waals surface area contributed by atoms with Gasteiger partial charge in [-0.2, -0.15) is 0 Å². The van der Waals surface area contributed by atoms with Crippen LogP contribution >= 0.6 is 11.8 Å². The van der Waals surface area contributed by atoms with E-state index in [4.69, 9.17) is 0 Å². The lowest BCUT2D eigenvalue weighted by molar-refractivity contribution is -0.113. The number of hydrogen-bond acceptors (Lipinski definition) is 3. The fraction of sp³-hybridized carbons (Fsp3) is 0.467. The molecule has 5 heteroatoms. The van der Waals surface area contributed by atoms with E-state index in [0.717, 1.165) is 4.90 Å². The molecule has 0 saturated carbocycles. The zero-order valence-corrected chi connectivity index (χ0v) is 13.3. The molecule has 1 aromatic rings. The quantitative estimate of drug-likeness (QED) is 0.839. The average Bonchev–Trinajstić information content (AvgIpc) is 2.40. The Labute approximate surface area is 124 Å². The molecular formula is C15H22N2O2S. The number of hydrogen-bond donors (Lipinski definition) is 1. The Bertz CT molecular complexity index is 471. The molecule has 0 heterocycles. The van der Waals surface area contributed by atoms with Crippen molar-refractivity contribution < 1.29 is 9.59 Å². The minimum Gasteiger partial charge on any atom is -0.325 e. The van der Waals surface area contributed by atoms with Gasteiger partial charge in [0.1, 0.15) is 0 Å². The summed E-state index contributed by atoms with van der Waals surface area (Å²) in [6, 6.07) is 7.25. The van der Waals surface area contributed by atoms with Crippen LogP contribution in [0.25, 0.3) is 0 Å². The molecule has 0 aromatic heterocycles. The second kappa shape index (κ2) is 7.94. The molecule has 0 aliphatic heterocycles. The summed E-state index contributed by atoms with van der Waals surface area (Å²) in [6.45, 7) is 8.97. The lowest BCUT2D eigenvalue weighted by atomic mass is 10.3. The summed E-state index contributed by atoms with van der Waals surface area (Å²) in [6.07, 6.45) is 0. The molecule has 110 valence electrons. The van der Waals surface area contributed by atoms with Crippen LogP contribution in [0, 0.1) is 5.92 Å². The topological polar surface area (TPSA) is 49.4 Å². The van der Waals surface area contributed by atoms with Gasteiger partial charge in [0.15, 0.2) is 5.12 Å². The molecule has 0 saturated heterocycles. The number of rotatable bonds is 5. The predicted octanol–water partition coefficient (Wildman–Crippen LogP) is 3.84. The van der Waals surface area contributed by atoms with Crippen molar-refractivity contribution in [3.8, 4) is 0 Å². The summed E-state index contributed by atoms with van der Waals surface area (Å²) >= 11 is 1.21. The largest absolute Gasteiger partial charge is 0.325 e. The summed E-state index contributed by atoms with van der Waals surface area (Å²) < 4.78 is 0. The second-order valence-corrected chi connectivity index (χ2v) is 5.78. The van der Waals surface area contributed by atoms with Gasteiger partial charge < -0.3 is 10.2 Å². The molecule has 0 aliphatic carbocycles. The van der Waals surface area contributed by atoms with Gasteiger partial charge in [0.05, 0.1) is 0 Å². The van der Waals surface area contributed by atoms with E-state index in [1.54, 1.807) is 4.90 Å². The first-order chi connectivity index (χ1) is 9.47. The molecule has 1 N–H and O–H groups in total. The van der Waals surface area contributed by atoms with E-state index in [1.807, 2.05) is 52.0 Å². The molecule has 1 aromatic carbocycles.